The van der Waals surface area contributed by atoms with Crippen LogP contribution in [0, 0.1) is 11.3 Å². The van der Waals surface area contributed by atoms with E-state index in [-0.39, 0.29) is 18.9 Å². The van der Waals surface area contributed by atoms with Crippen LogP contribution < -0.4 is 25.1 Å². The Morgan fingerprint density at radius 1 is 1.00 bits per heavy atom. The molecule has 8 nitrogen and oxygen atoms in total. The quantitative estimate of drug-likeness (QED) is 0.672. The lowest BCUT2D eigenvalue weighted by molar-refractivity contribution is -0.130. The zero-order valence-corrected chi connectivity index (χ0v) is 15.7. The number of hydrogen-bond donors (Lipinski definition) is 2. The Hall–Kier alpha value is -3.73. The van der Waals surface area contributed by atoms with Crippen LogP contribution in [0.15, 0.2) is 42.5 Å². The van der Waals surface area contributed by atoms with Gasteiger partial charge in [0, 0.05) is 6.42 Å². The van der Waals surface area contributed by atoms with Gasteiger partial charge in [0.05, 0.1) is 25.9 Å². The molecule has 0 heterocycles. The summed E-state index contributed by atoms with van der Waals surface area (Å²) in [7, 11) is 3.08. The molecule has 0 saturated heterocycles. The molecule has 0 saturated carbocycles. The van der Waals surface area contributed by atoms with Crippen molar-refractivity contribution >= 4 is 11.8 Å². The Kier molecular flexibility index (Phi) is 7.66. The van der Waals surface area contributed by atoms with Crippen LogP contribution in [0.5, 0.6) is 17.2 Å². The second-order valence-corrected chi connectivity index (χ2v) is 5.67. The van der Waals surface area contributed by atoms with E-state index in [1.165, 1.54) is 7.11 Å². The maximum Gasteiger partial charge on any atom is 0.276 e. The van der Waals surface area contributed by atoms with Crippen molar-refractivity contribution in [3.05, 3.63) is 53.6 Å². The highest BCUT2D eigenvalue weighted by Crippen LogP contribution is 2.31. The third kappa shape index (κ3) is 5.92. The van der Waals surface area contributed by atoms with E-state index in [4.69, 9.17) is 19.5 Å². The van der Waals surface area contributed by atoms with Gasteiger partial charge < -0.3 is 14.2 Å². The van der Waals surface area contributed by atoms with Crippen molar-refractivity contribution in [1.29, 1.82) is 5.26 Å². The number of hydrazine groups is 1. The van der Waals surface area contributed by atoms with Crippen molar-refractivity contribution in [2.45, 2.75) is 12.8 Å². The number of nitriles is 1. The van der Waals surface area contributed by atoms with Crippen molar-refractivity contribution in [3.8, 4) is 23.3 Å². The number of ether oxygens (including phenoxy) is 3. The Bertz CT molecular complexity index is 859. The van der Waals surface area contributed by atoms with Gasteiger partial charge in [0.15, 0.2) is 18.1 Å². The van der Waals surface area contributed by atoms with E-state index in [9.17, 15) is 9.59 Å². The van der Waals surface area contributed by atoms with Crippen LogP contribution in [0.2, 0.25) is 0 Å². The Balaban J connectivity index is 1.74. The van der Waals surface area contributed by atoms with E-state index in [1.54, 1.807) is 37.4 Å². The van der Waals surface area contributed by atoms with E-state index < -0.39 is 5.91 Å². The standard InChI is InChI=1S/C20H21N3O5/c1-26-17-5-3-4-15(20(17)27-2)8-11-18(24)22-23-19(25)13-28-16-9-6-14(12-21)7-10-16/h3-7,9-10H,8,11,13H2,1-2H3,(H,22,24)(H,23,25). The first-order chi connectivity index (χ1) is 13.6. The first-order valence-electron chi connectivity index (χ1n) is 8.48. The molecule has 0 aliphatic rings. The molecule has 2 aromatic carbocycles. The van der Waals surface area contributed by atoms with Gasteiger partial charge in [0.25, 0.3) is 5.91 Å². The molecular formula is C20H21N3O5. The Labute approximate surface area is 163 Å². The molecule has 146 valence electrons. The van der Waals surface area contributed by atoms with Crippen molar-refractivity contribution in [1.82, 2.24) is 10.9 Å². The van der Waals surface area contributed by atoms with Crippen molar-refractivity contribution in [3.63, 3.8) is 0 Å². The lowest BCUT2D eigenvalue weighted by Gasteiger charge is -2.12. The molecule has 0 bridgehead atoms. The van der Waals surface area contributed by atoms with Crippen molar-refractivity contribution in [2.75, 3.05) is 20.8 Å². The zero-order valence-electron chi connectivity index (χ0n) is 15.7. The molecule has 2 N–H and O–H groups in total. The molecule has 8 heteroatoms. The molecule has 0 atom stereocenters. The fraction of sp³-hybridized carbons (Fsp3) is 0.250. The molecule has 0 unspecified atom stereocenters. The van der Waals surface area contributed by atoms with Crippen LogP contribution in [0.4, 0.5) is 0 Å². The number of carbonyl (C=O) groups excluding carboxylic acids is 2. The van der Waals surface area contributed by atoms with Crippen LogP contribution in [0.3, 0.4) is 0 Å². The number of methoxy groups -OCH3 is 2. The van der Waals surface area contributed by atoms with E-state index in [1.807, 2.05) is 18.2 Å². The van der Waals surface area contributed by atoms with E-state index in [0.717, 1.165) is 5.56 Å². The molecule has 0 radical (unpaired) electrons. The first kappa shape index (κ1) is 20.6. The highest BCUT2D eigenvalue weighted by Gasteiger charge is 2.12. The third-order valence-corrected chi connectivity index (χ3v) is 3.80. The number of nitrogens with zero attached hydrogens (tertiary/aromatic N) is 1. The number of aryl methyl sites for hydroxylation is 1. The summed E-state index contributed by atoms with van der Waals surface area (Å²) >= 11 is 0. The van der Waals surface area contributed by atoms with Gasteiger partial charge in [-0.15, -0.1) is 0 Å². The van der Waals surface area contributed by atoms with Crippen LogP contribution in [0.25, 0.3) is 0 Å². The average Bonchev–Trinajstić information content (AvgIpc) is 2.74. The van der Waals surface area contributed by atoms with Gasteiger partial charge in [-0.25, -0.2) is 0 Å². The summed E-state index contributed by atoms with van der Waals surface area (Å²) in [6.45, 7) is -0.268. The molecule has 2 rings (SSSR count). The summed E-state index contributed by atoms with van der Waals surface area (Å²) in [5, 5.41) is 8.73. The van der Waals surface area contributed by atoms with Crippen molar-refractivity contribution < 1.29 is 23.8 Å². The SMILES string of the molecule is COc1cccc(CCC(=O)NNC(=O)COc2ccc(C#N)cc2)c1OC. The number of hydrogen-bond acceptors (Lipinski definition) is 6. The molecule has 2 aromatic rings. The number of para-hydroxylation sites is 1. The summed E-state index contributed by atoms with van der Waals surface area (Å²) in [5.74, 6) is 0.769. The summed E-state index contributed by atoms with van der Waals surface area (Å²) < 4.78 is 15.8. The lowest BCUT2D eigenvalue weighted by atomic mass is 10.1. The predicted molar refractivity (Wildman–Crippen MR) is 101 cm³/mol. The molecule has 0 aliphatic carbocycles. The van der Waals surface area contributed by atoms with Gasteiger partial charge in [-0.3, -0.25) is 20.4 Å². The molecule has 2 amide bonds. The number of benzene rings is 2. The van der Waals surface area contributed by atoms with Gasteiger partial charge in [-0.05, 0) is 42.3 Å². The maximum atomic E-state index is 12.0. The van der Waals surface area contributed by atoms with E-state index in [0.29, 0.717) is 29.2 Å². The van der Waals surface area contributed by atoms with Crippen molar-refractivity contribution in [2.24, 2.45) is 0 Å². The van der Waals surface area contributed by atoms with Gasteiger partial charge in [-0.2, -0.15) is 5.26 Å². The summed E-state index contributed by atoms with van der Waals surface area (Å²) in [5.41, 5.74) is 5.95. The number of amides is 2. The summed E-state index contributed by atoms with van der Waals surface area (Å²) in [6.07, 6.45) is 0.574. The molecule has 0 spiro atoms. The lowest BCUT2D eigenvalue weighted by Crippen LogP contribution is -2.43. The highest BCUT2D eigenvalue weighted by atomic mass is 16.5. The smallest absolute Gasteiger partial charge is 0.276 e. The Morgan fingerprint density at radius 3 is 2.36 bits per heavy atom. The zero-order chi connectivity index (χ0) is 20.4. The van der Waals surface area contributed by atoms with Gasteiger partial charge in [-0.1, -0.05) is 12.1 Å². The molecular weight excluding hydrogens is 362 g/mol. The molecule has 0 fully saturated rings. The number of rotatable bonds is 8. The number of nitrogens with one attached hydrogen (secondary N) is 2. The monoisotopic (exact) mass is 383 g/mol. The van der Waals surface area contributed by atoms with E-state index in [2.05, 4.69) is 10.9 Å². The third-order valence-electron chi connectivity index (χ3n) is 3.80. The summed E-state index contributed by atoms with van der Waals surface area (Å²) in [6, 6.07) is 13.8. The second-order valence-electron chi connectivity index (χ2n) is 5.67. The minimum absolute atomic E-state index is 0.153. The normalized spacial score (nSPS) is 9.75. The van der Waals surface area contributed by atoms with Crippen LogP contribution in [-0.2, 0) is 16.0 Å². The fourth-order valence-corrected chi connectivity index (χ4v) is 2.41. The van der Waals surface area contributed by atoms with Crippen LogP contribution in [-0.4, -0.2) is 32.6 Å². The topological polar surface area (TPSA) is 110 Å². The average molecular weight is 383 g/mol. The molecule has 0 aliphatic heterocycles. The first-order valence-corrected chi connectivity index (χ1v) is 8.48. The van der Waals surface area contributed by atoms with Gasteiger partial charge >= 0.3 is 0 Å². The predicted octanol–water partition coefficient (Wildman–Crippen LogP) is 1.73. The second kappa shape index (κ2) is 10.4. The van der Waals surface area contributed by atoms with Gasteiger partial charge in [0.2, 0.25) is 5.91 Å². The number of carbonyl (C=O) groups is 2. The van der Waals surface area contributed by atoms with Crippen LogP contribution >= 0.6 is 0 Å². The molecule has 0 aromatic heterocycles. The minimum atomic E-state index is -0.503. The van der Waals surface area contributed by atoms with Crippen LogP contribution in [0.1, 0.15) is 17.5 Å². The molecule has 28 heavy (non-hydrogen) atoms. The largest absolute Gasteiger partial charge is 0.493 e. The maximum absolute atomic E-state index is 12.0. The van der Waals surface area contributed by atoms with E-state index >= 15 is 0 Å². The minimum Gasteiger partial charge on any atom is -0.493 e. The Morgan fingerprint density at radius 2 is 1.71 bits per heavy atom. The summed E-state index contributed by atoms with van der Waals surface area (Å²) in [4.78, 5) is 23.7. The van der Waals surface area contributed by atoms with Gasteiger partial charge in [0.1, 0.15) is 5.75 Å². The fourth-order valence-electron chi connectivity index (χ4n) is 2.41. The highest BCUT2D eigenvalue weighted by molar-refractivity contribution is 5.82.